The standard InChI is InChI=1S/C64H57N/c1-63(2)54-28-15-12-26-49(54)50-38-35-47(41-57(50)63)65(60-31-17-14-25-48(60)44-23-10-5-11-24-44)61-32-18-30-56-62(61)53-27-13-16-29-55(53)64(56)58-39-45(42-19-6-3-7-20-42)33-36-51(58)52-37-34-46(40-59(52)64)43-21-8-4-9-22-43/h5,10-18,23-43H,3-4,6-9,19-22H2,1-2H3/i42D,43D. The number of hydrogen-bond donors (Lipinski definition) is 0. The SMILES string of the molecule is [2H]C1(c2ccc3c(c2)C2(c4cc(C5([2H])CCCCC5)ccc4-3)c3ccccc3-c3c(N(c4ccc5c(c4)C(C)(C)c4ccccc4-5)c4ccccc4-c4ccccc4)cccc32)CCCCC1. The molecule has 0 saturated heterocycles. The van der Waals surface area contributed by atoms with E-state index in [9.17, 15) is 2.74 Å². The molecule has 0 N–H and O–H groups in total. The van der Waals surface area contributed by atoms with E-state index in [0.29, 0.717) is 0 Å². The van der Waals surface area contributed by atoms with E-state index in [2.05, 4.69) is 195 Å². The van der Waals surface area contributed by atoms with Crippen molar-refractivity contribution >= 4 is 17.1 Å². The molecule has 1 nitrogen and oxygen atoms in total. The van der Waals surface area contributed by atoms with Crippen LogP contribution in [0.5, 0.6) is 0 Å². The Bertz CT molecular complexity index is 3200. The highest BCUT2D eigenvalue weighted by molar-refractivity contribution is 6.03. The summed E-state index contributed by atoms with van der Waals surface area (Å²) < 4.78 is 20.0. The summed E-state index contributed by atoms with van der Waals surface area (Å²) in [6.07, 6.45) is 10.4. The Kier molecular flexibility index (Phi) is 8.54. The summed E-state index contributed by atoms with van der Waals surface area (Å²) >= 11 is 0. The van der Waals surface area contributed by atoms with Gasteiger partial charge >= 0.3 is 0 Å². The highest BCUT2D eigenvalue weighted by Crippen LogP contribution is 2.66. The molecule has 1 heteroatoms. The minimum atomic E-state index is -0.638. The number of fused-ring (bicyclic) bond motifs is 13. The van der Waals surface area contributed by atoms with Crippen LogP contribution in [0.15, 0.2) is 176 Å². The number of anilines is 3. The van der Waals surface area contributed by atoms with Crippen molar-refractivity contribution in [1.29, 1.82) is 0 Å². The van der Waals surface area contributed by atoms with E-state index < -0.39 is 17.2 Å². The Balaban J connectivity index is 1.11. The van der Waals surface area contributed by atoms with E-state index in [1.54, 1.807) is 0 Å². The molecule has 1 spiro atoms. The lowest BCUT2D eigenvalue weighted by atomic mass is 9.69. The molecule has 0 radical (unpaired) electrons. The van der Waals surface area contributed by atoms with Crippen molar-refractivity contribution in [2.45, 2.75) is 101 Å². The smallest absolute Gasteiger partial charge is 0.0726 e. The lowest BCUT2D eigenvalue weighted by Gasteiger charge is -2.34. The molecule has 13 rings (SSSR count). The lowest BCUT2D eigenvalue weighted by Crippen LogP contribution is -2.26. The summed E-state index contributed by atoms with van der Waals surface area (Å²) in [7, 11) is 0. The van der Waals surface area contributed by atoms with Crippen molar-refractivity contribution in [3.63, 3.8) is 0 Å². The van der Waals surface area contributed by atoms with Crippen LogP contribution in [0.25, 0.3) is 44.5 Å². The molecular weight excluding hydrogens is 783 g/mol. The molecule has 8 aromatic carbocycles. The van der Waals surface area contributed by atoms with Gasteiger partial charge in [0.25, 0.3) is 0 Å². The molecule has 0 aliphatic heterocycles. The van der Waals surface area contributed by atoms with Crippen LogP contribution in [-0.4, -0.2) is 0 Å². The van der Waals surface area contributed by atoms with E-state index in [4.69, 9.17) is 0 Å². The Morgan fingerprint density at radius 2 is 0.908 bits per heavy atom. The van der Waals surface area contributed by atoms with Crippen LogP contribution >= 0.6 is 0 Å². The highest BCUT2D eigenvalue weighted by Gasteiger charge is 2.53. The summed E-state index contributed by atoms with van der Waals surface area (Å²) in [5, 5.41) is 0. The van der Waals surface area contributed by atoms with Gasteiger partial charge < -0.3 is 4.90 Å². The third kappa shape index (κ3) is 5.76. The maximum absolute atomic E-state index is 9.99. The second-order valence-corrected chi connectivity index (χ2v) is 20.0. The fourth-order valence-corrected chi connectivity index (χ4v) is 13.1. The zero-order valence-electron chi connectivity index (χ0n) is 39.8. The highest BCUT2D eigenvalue weighted by atomic mass is 15.1. The molecule has 5 aliphatic rings. The van der Waals surface area contributed by atoms with Crippen LogP contribution in [0.1, 0.15) is 137 Å². The van der Waals surface area contributed by atoms with Crippen molar-refractivity contribution in [3.8, 4) is 44.5 Å². The summed E-state index contributed by atoms with van der Waals surface area (Å²) in [6.45, 7) is 4.76. The number of rotatable bonds is 6. The summed E-state index contributed by atoms with van der Waals surface area (Å²) in [6, 6.07) is 66.4. The van der Waals surface area contributed by atoms with Gasteiger partial charge in [0.15, 0.2) is 0 Å². The van der Waals surface area contributed by atoms with Crippen LogP contribution in [0.4, 0.5) is 17.1 Å². The first-order chi connectivity index (χ1) is 32.7. The van der Waals surface area contributed by atoms with E-state index in [0.717, 1.165) is 79.6 Å². The van der Waals surface area contributed by atoms with Gasteiger partial charge in [-0.3, -0.25) is 0 Å². The van der Waals surface area contributed by atoms with Gasteiger partial charge in [-0.1, -0.05) is 204 Å². The molecular formula is C64H57N. The quantitative estimate of drug-likeness (QED) is 0.161. The van der Waals surface area contributed by atoms with E-state index >= 15 is 0 Å². The average Bonchev–Trinajstić information content (AvgIpc) is 3.93. The first-order valence-electron chi connectivity index (χ1n) is 25.4. The normalized spacial score (nSPS) is 18.9. The molecule has 8 aromatic rings. The van der Waals surface area contributed by atoms with Crippen molar-refractivity contribution < 1.29 is 2.74 Å². The zero-order valence-corrected chi connectivity index (χ0v) is 37.8. The van der Waals surface area contributed by atoms with Crippen molar-refractivity contribution in [2.24, 2.45) is 0 Å². The molecule has 2 fully saturated rings. The van der Waals surface area contributed by atoms with Gasteiger partial charge in [0.1, 0.15) is 0 Å². The van der Waals surface area contributed by atoms with E-state index in [1.165, 1.54) is 90.7 Å². The number of para-hydroxylation sites is 1. The maximum Gasteiger partial charge on any atom is 0.0726 e. The van der Waals surface area contributed by atoms with Crippen molar-refractivity contribution in [2.75, 3.05) is 4.90 Å². The minimum Gasteiger partial charge on any atom is -0.309 e. The molecule has 0 unspecified atom stereocenters. The Labute approximate surface area is 388 Å². The molecule has 0 amide bonds. The van der Waals surface area contributed by atoms with Gasteiger partial charge in [0.05, 0.1) is 16.8 Å². The van der Waals surface area contributed by atoms with E-state index in [1.807, 2.05) is 0 Å². The third-order valence-electron chi connectivity index (χ3n) is 16.2. The van der Waals surface area contributed by atoms with Crippen molar-refractivity contribution in [3.05, 3.63) is 220 Å². The van der Waals surface area contributed by atoms with Crippen LogP contribution in [0, 0.1) is 0 Å². The van der Waals surface area contributed by atoms with Crippen LogP contribution in [-0.2, 0) is 10.8 Å². The number of benzene rings is 8. The van der Waals surface area contributed by atoms with Crippen LogP contribution < -0.4 is 4.90 Å². The zero-order chi connectivity index (χ0) is 45.1. The van der Waals surface area contributed by atoms with Gasteiger partial charge in [-0.25, -0.2) is 0 Å². The molecule has 2 saturated carbocycles. The van der Waals surface area contributed by atoms with Crippen LogP contribution in [0.3, 0.4) is 0 Å². The molecule has 0 bridgehead atoms. The first-order valence-corrected chi connectivity index (χ1v) is 24.4. The Morgan fingerprint density at radius 3 is 1.58 bits per heavy atom. The van der Waals surface area contributed by atoms with Gasteiger partial charge in [-0.2, -0.15) is 0 Å². The van der Waals surface area contributed by atoms with E-state index in [-0.39, 0.29) is 5.41 Å². The Hall–Kier alpha value is -6.44. The number of hydrogen-bond acceptors (Lipinski definition) is 1. The van der Waals surface area contributed by atoms with Crippen LogP contribution in [0.2, 0.25) is 0 Å². The second-order valence-electron chi connectivity index (χ2n) is 20.0. The molecule has 318 valence electrons. The summed E-state index contributed by atoms with van der Waals surface area (Å²) in [5.41, 5.74) is 22.7. The van der Waals surface area contributed by atoms with Gasteiger partial charge in [0.2, 0.25) is 0 Å². The molecule has 0 heterocycles. The topological polar surface area (TPSA) is 3.24 Å². The monoisotopic (exact) mass is 841 g/mol. The van der Waals surface area contributed by atoms with Gasteiger partial charge in [-0.05, 0) is 140 Å². The second kappa shape index (κ2) is 15.1. The van der Waals surface area contributed by atoms with Gasteiger partial charge in [-0.15, -0.1) is 0 Å². The maximum atomic E-state index is 9.99. The third-order valence-corrected chi connectivity index (χ3v) is 16.2. The molecule has 0 aromatic heterocycles. The Morgan fingerprint density at radius 1 is 0.400 bits per heavy atom. The first kappa shape index (κ1) is 36.9. The van der Waals surface area contributed by atoms with Gasteiger partial charge in [0, 0.05) is 25.0 Å². The molecule has 0 atom stereocenters. The molecule has 65 heavy (non-hydrogen) atoms. The average molecular weight is 842 g/mol. The predicted molar refractivity (Wildman–Crippen MR) is 272 cm³/mol. The predicted octanol–water partition coefficient (Wildman–Crippen LogP) is 17.6. The summed E-state index contributed by atoms with van der Waals surface area (Å²) in [4.78, 5) is 2.56. The summed E-state index contributed by atoms with van der Waals surface area (Å²) in [5.74, 6) is -1.22. The largest absolute Gasteiger partial charge is 0.309 e. The molecule has 5 aliphatic carbocycles. The number of nitrogens with zero attached hydrogens (tertiary/aromatic N) is 1. The lowest BCUT2D eigenvalue weighted by molar-refractivity contribution is 0.443. The van der Waals surface area contributed by atoms with Crippen molar-refractivity contribution in [1.82, 2.24) is 0 Å². The fraction of sp³-hybridized carbons (Fsp3) is 0.250. The fourth-order valence-electron chi connectivity index (χ4n) is 13.1. The minimum absolute atomic E-state index is 0.171.